The van der Waals surface area contributed by atoms with E-state index in [2.05, 4.69) is 5.32 Å². The molecule has 0 spiro atoms. The molecule has 0 fully saturated rings. The Labute approximate surface area is 123 Å². The Morgan fingerprint density at radius 1 is 1.35 bits per heavy atom. The van der Waals surface area contributed by atoms with Crippen LogP contribution in [0.1, 0.15) is 19.4 Å². The van der Waals surface area contributed by atoms with E-state index in [1.54, 1.807) is 18.4 Å². The van der Waals surface area contributed by atoms with Crippen molar-refractivity contribution in [1.29, 1.82) is 0 Å². The van der Waals surface area contributed by atoms with E-state index in [1.165, 1.54) is 0 Å². The predicted octanol–water partition coefficient (Wildman–Crippen LogP) is 1.92. The van der Waals surface area contributed by atoms with Crippen LogP contribution in [0.25, 0.3) is 0 Å². The van der Waals surface area contributed by atoms with Crippen LogP contribution in [0.2, 0.25) is 0 Å². The summed E-state index contributed by atoms with van der Waals surface area (Å²) in [5.74, 6) is 0.334. The maximum absolute atomic E-state index is 11.8. The minimum absolute atomic E-state index is 0.222. The highest BCUT2D eigenvalue weighted by Crippen LogP contribution is 2.10. The number of hydrogen-bond donors (Lipinski definition) is 1. The molecule has 0 heterocycles. The van der Waals surface area contributed by atoms with Crippen LogP contribution in [-0.4, -0.2) is 40.3 Å². The summed E-state index contributed by atoms with van der Waals surface area (Å²) in [6, 6.07) is 9.46. The van der Waals surface area contributed by atoms with Crippen molar-refractivity contribution >= 4 is 17.5 Å². The van der Waals surface area contributed by atoms with E-state index in [-0.39, 0.29) is 6.61 Å². The van der Waals surface area contributed by atoms with E-state index in [0.29, 0.717) is 5.75 Å². The number of ether oxygens (including phenoxy) is 1. The van der Waals surface area contributed by atoms with E-state index >= 15 is 0 Å². The second-order valence-electron chi connectivity index (χ2n) is 5.35. The minimum Gasteiger partial charge on any atom is -0.598 e. The van der Waals surface area contributed by atoms with E-state index in [1.807, 2.05) is 44.2 Å². The van der Waals surface area contributed by atoms with E-state index < -0.39 is 23.0 Å². The SMILES string of the molecule is CN(C)[S+]([O-])CC(C)(C)NC(=O)OCc1ccccc1. The van der Waals surface area contributed by atoms with Crippen LogP contribution in [-0.2, 0) is 22.7 Å². The molecule has 0 saturated heterocycles. The third-order valence-corrected chi connectivity index (χ3v) is 4.33. The van der Waals surface area contributed by atoms with Gasteiger partial charge in [-0.1, -0.05) is 30.3 Å². The van der Waals surface area contributed by atoms with Crippen LogP contribution >= 0.6 is 0 Å². The monoisotopic (exact) mass is 298 g/mol. The Kier molecular flexibility index (Phi) is 6.32. The zero-order valence-corrected chi connectivity index (χ0v) is 13.2. The number of hydrogen-bond acceptors (Lipinski definition) is 4. The summed E-state index contributed by atoms with van der Waals surface area (Å²) < 4.78 is 18.5. The summed E-state index contributed by atoms with van der Waals surface area (Å²) in [7, 11) is 3.47. The summed E-state index contributed by atoms with van der Waals surface area (Å²) in [4.78, 5) is 11.7. The van der Waals surface area contributed by atoms with Crippen LogP contribution in [0.3, 0.4) is 0 Å². The zero-order chi connectivity index (χ0) is 15.2. The van der Waals surface area contributed by atoms with Gasteiger partial charge in [0.2, 0.25) is 0 Å². The van der Waals surface area contributed by atoms with Crippen LogP contribution < -0.4 is 5.32 Å². The molecule has 20 heavy (non-hydrogen) atoms. The van der Waals surface area contributed by atoms with Gasteiger partial charge in [-0.05, 0) is 19.4 Å². The number of carbonyl (C=O) groups excluding carboxylic acids is 1. The van der Waals surface area contributed by atoms with Gasteiger partial charge in [0.1, 0.15) is 12.4 Å². The van der Waals surface area contributed by atoms with Crippen molar-refractivity contribution in [3.63, 3.8) is 0 Å². The molecule has 1 rings (SSSR count). The first-order valence-electron chi connectivity index (χ1n) is 6.35. The molecule has 1 amide bonds. The van der Waals surface area contributed by atoms with Crippen molar-refractivity contribution in [2.75, 3.05) is 19.8 Å². The first kappa shape index (κ1) is 16.8. The average molecular weight is 298 g/mol. The lowest BCUT2D eigenvalue weighted by Gasteiger charge is -2.28. The Bertz CT molecular complexity index is 424. The molecule has 0 bridgehead atoms. The fourth-order valence-electron chi connectivity index (χ4n) is 1.51. The second-order valence-corrected chi connectivity index (χ2v) is 7.01. The maximum Gasteiger partial charge on any atom is 0.408 e. The maximum atomic E-state index is 11.8. The number of rotatable bonds is 6. The zero-order valence-electron chi connectivity index (χ0n) is 12.4. The summed E-state index contributed by atoms with van der Waals surface area (Å²) >= 11 is -1.13. The van der Waals surface area contributed by atoms with Gasteiger partial charge in [0.15, 0.2) is 0 Å². The Morgan fingerprint density at radius 3 is 2.50 bits per heavy atom. The first-order chi connectivity index (χ1) is 9.30. The Morgan fingerprint density at radius 2 is 1.95 bits per heavy atom. The lowest BCUT2D eigenvalue weighted by molar-refractivity contribution is 0.131. The van der Waals surface area contributed by atoms with Gasteiger partial charge in [-0.2, -0.15) is 0 Å². The van der Waals surface area contributed by atoms with Gasteiger partial charge in [-0.15, -0.1) is 4.31 Å². The quantitative estimate of drug-likeness (QED) is 0.815. The number of carbonyl (C=O) groups is 1. The third kappa shape index (κ3) is 6.27. The molecule has 0 aliphatic heterocycles. The molecule has 1 atom stereocenters. The van der Waals surface area contributed by atoms with Crippen molar-refractivity contribution in [3.8, 4) is 0 Å². The number of benzene rings is 1. The van der Waals surface area contributed by atoms with E-state index in [0.717, 1.165) is 5.56 Å². The van der Waals surface area contributed by atoms with Gasteiger partial charge in [-0.25, -0.2) is 4.79 Å². The Hall–Kier alpha value is -1.24. The van der Waals surface area contributed by atoms with Crippen molar-refractivity contribution in [3.05, 3.63) is 35.9 Å². The van der Waals surface area contributed by atoms with Crippen LogP contribution in [0.5, 0.6) is 0 Å². The molecule has 1 aromatic carbocycles. The molecule has 0 aromatic heterocycles. The molecule has 5 nitrogen and oxygen atoms in total. The normalized spacial score (nSPS) is 13.1. The standard InChI is InChI=1S/C14H22N2O3S/c1-14(2,11-20(18)16(3)4)15-13(17)19-10-12-8-6-5-7-9-12/h5-9H,10-11H2,1-4H3,(H,15,17). The van der Waals surface area contributed by atoms with Crippen LogP contribution in [0.4, 0.5) is 4.79 Å². The van der Waals surface area contributed by atoms with Gasteiger partial charge in [0, 0.05) is 25.5 Å². The number of nitrogens with zero attached hydrogens (tertiary/aromatic N) is 1. The van der Waals surface area contributed by atoms with Crippen molar-refractivity contribution < 1.29 is 14.1 Å². The molecular weight excluding hydrogens is 276 g/mol. The van der Waals surface area contributed by atoms with Gasteiger partial charge < -0.3 is 14.6 Å². The smallest absolute Gasteiger partial charge is 0.408 e. The molecule has 0 radical (unpaired) electrons. The average Bonchev–Trinajstić information content (AvgIpc) is 2.36. The lowest BCUT2D eigenvalue weighted by Crippen LogP contribution is -2.50. The molecule has 112 valence electrons. The first-order valence-corrected chi connectivity index (χ1v) is 7.62. The van der Waals surface area contributed by atoms with Crippen molar-refractivity contribution in [2.24, 2.45) is 0 Å². The topological polar surface area (TPSA) is 64.6 Å². The lowest BCUT2D eigenvalue weighted by atomic mass is 10.1. The van der Waals surface area contributed by atoms with Crippen molar-refractivity contribution in [2.45, 2.75) is 26.0 Å². The predicted molar refractivity (Wildman–Crippen MR) is 80.5 cm³/mol. The minimum atomic E-state index is -1.13. The highest BCUT2D eigenvalue weighted by Gasteiger charge is 2.29. The molecule has 0 saturated carbocycles. The van der Waals surface area contributed by atoms with E-state index in [9.17, 15) is 9.35 Å². The highest BCUT2D eigenvalue weighted by molar-refractivity contribution is 7.89. The third-order valence-electron chi connectivity index (χ3n) is 2.54. The molecular formula is C14H22N2O3S. The van der Waals surface area contributed by atoms with Crippen molar-refractivity contribution in [1.82, 2.24) is 9.62 Å². The Balaban J connectivity index is 2.41. The van der Waals surface area contributed by atoms with Crippen LogP contribution in [0.15, 0.2) is 30.3 Å². The van der Waals surface area contributed by atoms with Gasteiger partial charge in [0.25, 0.3) is 0 Å². The summed E-state index contributed by atoms with van der Waals surface area (Å²) in [6.45, 7) is 3.86. The molecule has 1 aromatic rings. The largest absolute Gasteiger partial charge is 0.598 e. The fraction of sp³-hybridized carbons (Fsp3) is 0.500. The molecule has 6 heteroatoms. The number of amides is 1. The summed E-state index contributed by atoms with van der Waals surface area (Å²) in [6.07, 6.45) is -0.505. The van der Waals surface area contributed by atoms with E-state index in [4.69, 9.17) is 4.74 Å². The highest BCUT2D eigenvalue weighted by atomic mass is 32.2. The van der Waals surface area contributed by atoms with Gasteiger partial charge in [-0.3, -0.25) is 0 Å². The number of nitrogens with one attached hydrogen (secondary N) is 1. The van der Waals surface area contributed by atoms with Crippen LogP contribution in [0, 0.1) is 0 Å². The number of alkyl carbamates (subject to hydrolysis) is 1. The molecule has 0 aliphatic rings. The molecule has 0 aliphatic carbocycles. The van der Waals surface area contributed by atoms with Gasteiger partial charge in [0.05, 0.1) is 5.54 Å². The molecule has 1 unspecified atom stereocenters. The summed E-state index contributed by atoms with van der Waals surface area (Å²) in [5, 5.41) is 2.73. The van der Waals surface area contributed by atoms with Gasteiger partial charge >= 0.3 is 6.09 Å². The fourth-order valence-corrected chi connectivity index (χ4v) is 2.46. The summed E-state index contributed by atoms with van der Waals surface area (Å²) in [5.41, 5.74) is 0.334. The second kappa shape index (κ2) is 7.52. The molecule has 1 N–H and O–H groups in total.